The zero-order valence-electron chi connectivity index (χ0n) is 18.3. The minimum atomic E-state index is -0.579. The Kier molecular flexibility index (Phi) is 6.66. The van der Waals surface area contributed by atoms with Crippen molar-refractivity contribution in [1.29, 1.82) is 0 Å². The van der Waals surface area contributed by atoms with Crippen LogP contribution in [-0.4, -0.2) is 28.0 Å². The van der Waals surface area contributed by atoms with Gasteiger partial charge >= 0.3 is 0 Å². The lowest BCUT2D eigenvalue weighted by Crippen LogP contribution is -2.43. The summed E-state index contributed by atoms with van der Waals surface area (Å²) in [6.45, 7) is 2.09. The first kappa shape index (κ1) is 21.8. The molecule has 7 nitrogen and oxygen atoms in total. The molecule has 4 rings (SSSR count). The second kappa shape index (κ2) is 9.78. The summed E-state index contributed by atoms with van der Waals surface area (Å²) in [6.07, 6.45) is 6.51. The highest BCUT2D eigenvalue weighted by Crippen LogP contribution is 2.24. The monoisotopic (exact) mass is 430 g/mol. The summed E-state index contributed by atoms with van der Waals surface area (Å²) in [5.74, 6) is 0.243. The third-order valence-corrected chi connectivity index (χ3v) is 5.87. The van der Waals surface area contributed by atoms with E-state index in [1.54, 1.807) is 0 Å². The molecule has 0 radical (unpaired) electrons. The normalized spacial score (nSPS) is 18.2. The van der Waals surface area contributed by atoms with E-state index in [0.29, 0.717) is 11.8 Å². The number of nitrogens with two attached hydrogens (primary N) is 2. The third-order valence-electron chi connectivity index (χ3n) is 5.87. The van der Waals surface area contributed by atoms with Crippen LogP contribution in [0.4, 0.5) is 17.5 Å². The van der Waals surface area contributed by atoms with Gasteiger partial charge in [-0.15, -0.1) is 0 Å². The molecule has 1 fully saturated rings. The Morgan fingerprint density at radius 3 is 2.59 bits per heavy atom. The Labute approximate surface area is 188 Å². The van der Waals surface area contributed by atoms with Gasteiger partial charge in [0.15, 0.2) is 0 Å². The van der Waals surface area contributed by atoms with Gasteiger partial charge in [-0.1, -0.05) is 54.8 Å². The third kappa shape index (κ3) is 5.42. The van der Waals surface area contributed by atoms with Crippen LogP contribution in [0, 0.1) is 6.92 Å². The van der Waals surface area contributed by atoms with Crippen LogP contribution in [0.25, 0.3) is 0 Å². The number of nitrogens with one attached hydrogen (secondary N) is 2. The van der Waals surface area contributed by atoms with Crippen molar-refractivity contribution in [1.82, 2.24) is 9.97 Å². The largest absolute Gasteiger partial charge is 0.365 e. The SMILES string of the molecule is Cc1cccc(Cc2cccc(Nc3nc(NC4CCCCC4N)ncc3C(N)=O)c2)c1. The zero-order chi connectivity index (χ0) is 22.5. The molecule has 1 aliphatic carbocycles. The molecule has 166 valence electrons. The van der Waals surface area contributed by atoms with E-state index in [4.69, 9.17) is 11.5 Å². The molecule has 0 bridgehead atoms. The van der Waals surface area contributed by atoms with Crippen molar-refractivity contribution in [3.63, 3.8) is 0 Å². The van der Waals surface area contributed by atoms with E-state index in [1.807, 2.05) is 12.1 Å². The minimum absolute atomic E-state index is 0.0675. The van der Waals surface area contributed by atoms with Crippen LogP contribution < -0.4 is 22.1 Å². The van der Waals surface area contributed by atoms with Gasteiger partial charge in [-0.3, -0.25) is 4.79 Å². The van der Waals surface area contributed by atoms with Crippen molar-refractivity contribution in [2.24, 2.45) is 11.5 Å². The van der Waals surface area contributed by atoms with Crippen LogP contribution in [0.5, 0.6) is 0 Å². The maximum absolute atomic E-state index is 12.0. The summed E-state index contributed by atoms with van der Waals surface area (Å²) >= 11 is 0. The Hall–Kier alpha value is -3.45. The summed E-state index contributed by atoms with van der Waals surface area (Å²) in [5.41, 5.74) is 16.5. The maximum Gasteiger partial charge on any atom is 0.254 e. The van der Waals surface area contributed by atoms with Crippen molar-refractivity contribution in [2.75, 3.05) is 10.6 Å². The van der Waals surface area contributed by atoms with Crippen LogP contribution in [0.3, 0.4) is 0 Å². The molecule has 1 amide bonds. The lowest BCUT2D eigenvalue weighted by Gasteiger charge is -2.29. The average Bonchev–Trinajstić information content (AvgIpc) is 2.76. The topological polar surface area (TPSA) is 119 Å². The molecule has 7 heteroatoms. The zero-order valence-corrected chi connectivity index (χ0v) is 18.3. The molecule has 0 saturated heterocycles. The Bertz CT molecular complexity index is 1100. The molecule has 1 aromatic heterocycles. The molecule has 1 aliphatic rings. The highest BCUT2D eigenvalue weighted by molar-refractivity contribution is 5.98. The van der Waals surface area contributed by atoms with E-state index in [0.717, 1.165) is 43.4 Å². The number of carbonyl (C=O) groups is 1. The molecular weight excluding hydrogens is 400 g/mol. The number of aryl methyl sites for hydroxylation is 1. The molecular formula is C25H30N6O. The van der Waals surface area contributed by atoms with E-state index in [-0.39, 0.29) is 17.6 Å². The first-order valence-electron chi connectivity index (χ1n) is 11.1. The highest BCUT2D eigenvalue weighted by Gasteiger charge is 2.23. The van der Waals surface area contributed by atoms with Crippen molar-refractivity contribution in [3.8, 4) is 0 Å². The predicted octanol–water partition coefficient (Wildman–Crippen LogP) is 3.90. The first-order valence-corrected chi connectivity index (χ1v) is 11.1. The number of anilines is 3. The lowest BCUT2D eigenvalue weighted by molar-refractivity contribution is 0.100. The second-order valence-electron chi connectivity index (χ2n) is 8.51. The number of nitrogens with zero attached hydrogens (tertiary/aromatic N) is 2. The van der Waals surface area contributed by atoms with E-state index < -0.39 is 5.91 Å². The number of aromatic nitrogens is 2. The molecule has 1 heterocycles. The molecule has 0 spiro atoms. The van der Waals surface area contributed by atoms with Crippen LogP contribution in [0.1, 0.15) is 52.7 Å². The fourth-order valence-corrected chi connectivity index (χ4v) is 4.19. The van der Waals surface area contributed by atoms with E-state index >= 15 is 0 Å². The number of amides is 1. The molecule has 2 unspecified atom stereocenters. The molecule has 6 N–H and O–H groups in total. The molecule has 2 atom stereocenters. The minimum Gasteiger partial charge on any atom is -0.365 e. The standard InChI is InChI=1S/C25H30N6O/c1-16-6-4-7-17(12-16)13-18-8-5-9-19(14-18)29-24-20(23(27)32)15-28-25(31-24)30-22-11-3-2-10-21(22)26/h4-9,12,14-15,21-22H,2-3,10-11,13,26H2,1H3,(H2,27,32)(H2,28,29,30,31). The number of primary amides is 1. The summed E-state index contributed by atoms with van der Waals surface area (Å²) in [6, 6.07) is 16.7. The number of carbonyl (C=O) groups excluding carboxylic acids is 1. The molecule has 2 aromatic carbocycles. The molecule has 32 heavy (non-hydrogen) atoms. The van der Waals surface area contributed by atoms with Crippen LogP contribution >= 0.6 is 0 Å². The molecule has 0 aliphatic heterocycles. The van der Waals surface area contributed by atoms with Crippen molar-refractivity contribution < 1.29 is 4.79 Å². The van der Waals surface area contributed by atoms with E-state index in [9.17, 15) is 4.79 Å². The fourth-order valence-electron chi connectivity index (χ4n) is 4.19. The van der Waals surface area contributed by atoms with E-state index in [2.05, 4.69) is 63.9 Å². The first-order chi connectivity index (χ1) is 15.5. The van der Waals surface area contributed by atoms with Gasteiger partial charge in [0.1, 0.15) is 11.4 Å². The van der Waals surface area contributed by atoms with Crippen molar-refractivity contribution in [3.05, 3.63) is 77.0 Å². The number of rotatable bonds is 7. The van der Waals surface area contributed by atoms with Gasteiger partial charge in [0.05, 0.1) is 0 Å². The number of hydrogen-bond acceptors (Lipinski definition) is 6. The van der Waals surface area contributed by atoms with Gasteiger partial charge in [-0.2, -0.15) is 4.98 Å². The van der Waals surface area contributed by atoms with Gasteiger partial charge in [0, 0.05) is 24.0 Å². The second-order valence-corrected chi connectivity index (χ2v) is 8.51. The van der Waals surface area contributed by atoms with Crippen molar-refractivity contribution >= 4 is 23.4 Å². The van der Waals surface area contributed by atoms with Crippen molar-refractivity contribution in [2.45, 2.75) is 51.1 Å². The van der Waals surface area contributed by atoms with Gasteiger partial charge < -0.3 is 22.1 Å². The van der Waals surface area contributed by atoms with Gasteiger partial charge in [0.25, 0.3) is 5.91 Å². The smallest absolute Gasteiger partial charge is 0.254 e. The fraction of sp³-hybridized carbons (Fsp3) is 0.320. The maximum atomic E-state index is 12.0. The Balaban J connectivity index is 1.55. The quantitative estimate of drug-likeness (QED) is 0.451. The van der Waals surface area contributed by atoms with Gasteiger partial charge in [-0.05, 0) is 49.4 Å². The van der Waals surface area contributed by atoms with E-state index in [1.165, 1.54) is 17.3 Å². The molecule has 1 saturated carbocycles. The Morgan fingerprint density at radius 1 is 1.09 bits per heavy atom. The van der Waals surface area contributed by atoms with Crippen LogP contribution in [0.2, 0.25) is 0 Å². The molecule has 3 aromatic rings. The summed E-state index contributed by atoms with van der Waals surface area (Å²) in [7, 11) is 0. The summed E-state index contributed by atoms with van der Waals surface area (Å²) in [4.78, 5) is 20.8. The number of hydrogen-bond donors (Lipinski definition) is 4. The van der Waals surface area contributed by atoms with Gasteiger partial charge in [0.2, 0.25) is 5.95 Å². The lowest BCUT2D eigenvalue weighted by atomic mass is 9.91. The summed E-state index contributed by atoms with van der Waals surface area (Å²) in [5, 5.41) is 6.59. The van der Waals surface area contributed by atoms with Crippen LogP contribution in [-0.2, 0) is 6.42 Å². The van der Waals surface area contributed by atoms with Gasteiger partial charge in [-0.25, -0.2) is 4.98 Å². The average molecular weight is 431 g/mol. The summed E-state index contributed by atoms with van der Waals surface area (Å²) < 4.78 is 0. The van der Waals surface area contributed by atoms with Crippen LogP contribution in [0.15, 0.2) is 54.7 Å². The highest BCUT2D eigenvalue weighted by atomic mass is 16.1. The Morgan fingerprint density at radius 2 is 1.84 bits per heavy atom. The predicted molar refractivity (Wildman–Crippen MR) is 128 cm³/mol. The number of benzene rings is 2.